The maximum atomic E-state index is 14.3. The molecule has 0 fully saturated rings. The van der Waals surface area contributed by atoms with Crippen LogP contribution in [-0.2, 0) is 19.8 Å². The van der Waals surface area contributed by atoms with E-state index in [0.717, 1.165) is 30.7 Å². The van der Waals surface area contributed by atoms with Gasteiger partial charge in [-0.05, 0) is 35.7 Å². The number of nitrogens with zero attached hydrogens (tertiary/aromatic N) is 2. The van der Waals surface area contributed by atoms with Gasteiger partial charge in [0.1, 0.15) is 5.75 Å². The Morgan fingerprint density at radius 2 is 1.18 bits per heavy atom. The highest BCUT2D eigenvalue weighted by atomic mass is 32.2. The van der Waals surface area contributed by atoms with E-state index in [9.17, 15) is 18.0 Å². The number of anilines is 1. The minimum Gasteiger partial charge on any atom is -0.496 e. The first-order chi connectivity index (χ1) is 24.2. The van der Waals surface area contributed by atoms with Crippen LogP contribution in [0.15, 0.2) is 72.8 Å². The number of unbranched alkanes of at least 4 members (excludes halogenated alkanes) is 15. The van der Waals surface area contributed by atoms with Crippen molar-refractivity contribution in [3.05, 3.63) is 83.9 Å². The zero-order chi connectivity index (χ0) is 36.2. The zero-order valence-electron chi connectivity index (χ0n) is 30.7. The summed E-state index contributed by atoms with van der Waals surface area (Å²) >= 11 is 0. The van der Waals surface area contributed by atoms with Crippen LogP contribution in [0.3, 0.4) is 0 Å². The lowest BCUT2D eigenvalue weighted by atomic mass is 9.92. The lowest BCUT2D eigenvalue weighted by molar-refractivity contribution is -0.116. The number of methoxy groups -OCH3 is 1. The van der Waals surface area contributed by atoms with Gasteiger partial charge in [-0.15, -0.1) is 0 Å². The van der Waals surface area contributed by atoms with E-state index in [4.69, 9.17) is 9.57 Å². The number of amides is 1. The molecule has 8 nitrogen and oxygen atoms in total. The van der Waals surface area contributed by atoms with E-state index in [-0.39, 0.29) is 23.4 Å². The quantitative estimate of drug-likeness (QED) is 0.0495. The minimum atomic E-state index is -4.52. The molecule has 0 aliphatic heterocycles. The summed E-state index contributed by atoms with van der Waals surface area (Å²) in [5, 5.41) is 0. The average molecular weight is 707 g/mol. The van der Waals surface area contributed by atoms with E-state index in [2.05, 4.69) is 6.92 Å². The molecule has 0 aromatic heterocycles. The Kier molecular flexibility index (Phi) is 18.3. The molecule has 0 N–H and O–H groups in total. The predicted molar refractivity (Wildman–Crippen MR) is 204 cm³/mol. The second-order valence-electron chi connectivity index (χ2n) is 12.9. The molecule has 1 amide bonds. The van der Waals surface area contributed by atoms with Gasteiger partial charge in [0.05, 0.1) is 30.5 Å². The molecule has 3 aromatic carbocycles. The van der Waals surface area contributed by atoms with Gasteiger partial charge in [0.25, 0.3) is 0 Å². The zero-order valence-corrected chi connectivity index (χ0v) is 31.5. The second kappa shape index (κ2) is 22.3. The summed E-state index contributed by atoms with van der Waals surface area (Å²) in [6.45, 7) is 3.61. The van der Waals surface area contributed by atoms with Crippen molar-refractivity contribution in [3.8, 4) is 16.9 Å². The van der Waals surface area contributed by atoms with E-state index in [1.165, 1.54) is 97.3 Å². The average Bonchev–Trinajstić information content (AvgIpc) is 3.12. The number of ketones is 1. The molecule has 0 radical (unpaired) electrons. The largest absolute Gasteiger partial charge is 0.496 e. The van der Waals surface area contributed by atoms with Gasteiger partial charge >= 0.3 is 10.2 Å². The van der Waals surface area contributed by atoms with Gasteiger partial charge < -0.3 is 4.74 Å². The van der Waals surface area contributed by atoms with E-state index in [0.29, 0.717) is 27.6 Å². The van der Waals surface area contributed by atoms with Crippen molar-refractivity contribution in [2.45, 2.75) is 117 Å². The van der Waals surface area contributed by atoms with E-state index in [1.807, 2.05) is 30.3 Å². The van der Waals surface area contributed by atoms with Crippen molar-refractivity contribution >= 4 is 27.6 Å². The molecule has 274 valence electrons. The molecule has 0 saturated carbocycles. The first kappa shape index (κ1) is 40.9. The molecule has 3 aromatic rings. The SMILES string of the molecule is CCCCCCCCCCCCCCCCCCON(C)S(=O)(=O)N(C(C)=O)c1cccc(-c2ccccc2)c1C(=O)c1ccccc1OC. The molecule has 3 rings (SSSR count). The first-order valence-corrected chi connectivity index (χ1v) is 19.9. The summed E-state index contributed by atoms with van der Waals surface area (Å²) in [4.78, 5) is 33.1. The van der Waals surface area contributed by atoms with Gasteiger partial charge in [-0.25, -0.2) is 0 Å². The molecular formula is C41H58N2O6S. The van der Waals surface area contributed by atoms with Gasteiger partial charge in [-0.3, -0.25) is 14.4 Å². The van der Waals surface area contributed by atoms with Crippen LogP contribution in [0.2, 0.25) is 0 Å². The number of benzene rings is 3. The highest BCUT2D eigenvalue weighted by Crippen LogP contribution is 2.37. The Hall–Kier alpha value is -3.53. The van der Waals surface area contributed by atoms with E-state index < -0.39 is 21.9 Å². The highest BCUT2D eigenvalue weighted by molar-refractivity contribution is 7.91. The monoisotopic (exact) mass is 706 g/mol. The first-order valence-electron chi connectivity index (χ1n) is 18.5. The van der Waals surface area contributed by atoms with E-state index >= 15 is 0 Å². The third-order valence-corrected chi connectivity index (χ3v) is 10.7. The maximum absolute atomic E-state index is 14.3. The molecular weight excluding hydrogens is 649 g/mol. The lowest BCUT2D eigenvalue weighted by Crippen LogP contribution is -2.45. The van der Waals surface area contributed by atoms with Gasteiger partial charge in [0.15, 0.2) is 5.78 Å². The molecule has 0 atom stereocenters. The maximum Gasteiger partial charge on any atom is 0.332 e. The van der Waals surface area contributed by atoms with Crippen LogP contribution in [0, 0.1) is 0 Å². The van der Waals surface area contributed by atoms with Crippen LogP contribution >= 0.6 is 0 Å². The van der Waals surface area contributed by atoms with Crippen molar-refractivity contribution in [3.63, 3.8) is 0 Å². The van der Waals surface area contributed by atoms with Gasteiger partial charge in [-0.1, -0.05) is 162 Å². The Labute approximate surface area is 301 Å². The Morgan fingerprint density at radius 1 is 0.660 bits per heavy atom. The van der Waals surface area contributed by atoms with Crippen LogP contribution < -0.4 is 9.04 Å². The number of ether oxygens (including phenoxy) is 1. The summed E-state index contributed by atoms with van der Waals surface area (Å²) in [6, 6.07) is 20.8. The number of hydrogen-bond donors (Lipinski definition) is 0. The molecule has 0 bridgehead atoms. The normalized spacial score (nSPS) is 11.5. The molecule has 0 heterocycles. The van der Waals surface area contributed by atoms with Crippen molar-refractivity contribution in [2.75, 3.05) is 25.1 Å². The second-order valence-corrected chi connectivity index (χ2v) is 14.7. The molecule has 0 aliphatic rings. The number of rotatable bonds is 25. The topological polar surface area (TPSA) is 93.2 Å². The van der Waals surface area contributed by atoms with Crippen molar-refractivity contribution in [2.24, 2.45) is 0 Å². The number of carbonyl (C=O) groups excluding carboxylic acids is 2. The molecule has 0 aliphatic carbocycles. The molecule has 0 unspecified atom stereocenters. The summed E-state index contributed by atoms with van der Waals surface area (Å²) in [5.74, 6) is -0.917. The lowest BCUT2D eigenvalue weighted by Gasteiger charge is -2.28. The minimum absolute atomic E-state index is 0.0624. The van der Waals surface area contributed by atoms with Gasteiger partial charge in [0, 0.05) is 14.0 Å². The smallest absolute Gasteiger partial charge is 0.332 e. The Bertz CT molecular complexity index is 1560. The third-order valence-electron chi connectivity index (χ3n) is 9.04. The molecule has 0 saturated heterocycles. The number of carbonyl (C=O) groups is 2. The van der Waals surface area contributed by atoms with Crippen molar-refractivity contribution in [1.82, 2.24) is 4.47 Å². The fraction of sp³-hybridized carbons (Fsp3) is 0.512. The third kappa shape index (κ3) is 12.4. The van der Waals surface area contributed by atoms with Crippen LogP contribution in [0.5, 0.6) is 5.75 Å². The van der Waals surface area contributed by atoms with Crippen LogP contribution in [0.25, 0.3) is 11.1 Å². The van der Waals surface area contributed by atoms with Crippen LogP contribution in [-0.4, -0.2) is 45.3 Å². The fourth-order valence-electron chi connectivity index (χ4n) is 6.25. The fourth-order valence-corrected chi connectivity index (χ4v) is 7.42. The van der Waals surface area contributed by atoms with Gasteiger partial charge in [0.2, 0.25) is 5.91 Å². The highest BCUT2D eigenvalue weighted by Gasteiger charge is 2.36. The van der Waals surface area contributed by atoms with E-state index in [1.54, 1.807) is 36.4 Å². The molecule has 0 spiro atoms. The number of hydrogen-bond acceptors (Lipinski definition) is 6. The summed E-state index contributed by atoms with van der Waals surface area (Å²) in [7, 11) is -1.77. The Balaban J connectivity index is 1.58. The standard InChI is InChI=1S/C41H58N2O6S/c1-5-6-7-8-9-10-11-12-13-14-15-16-17-18-19-25-33-49-42(3)50(46,47)43(34(2)44)38-31-26-30-36(35-27-21-20-22-28-35)40(38)41(45)37-29-23-24-32-39(37)48-4/h20-24,26-32H,5-19,25,33H2,1-4H3. The Morgan fingerprint density at radius 3 is 1.72 bits per heavy atom. The van der Waals surface area contributed by atoms with Crippen LogP contribution in [0.4, 0.5) is 5.69 Å². The number of hydroxylamine groups is 1. The summed E-state index contributed by atoms with van der Waals surface area (Å²) in [5.41, 5.74) is 1.42. The summed E-state index contributed by atoms with van der Waals surface area (Å²) in [6.07, 6.45) is 19.9. The van der Waals surface area contributed by atoms with Gasteiger partial charge in [-0.2, -0.15) is 12.7 Å². The molecule has 9 heteroatoms. The molecule has 50 heavy (non-hydrogen) atoms. The van der Waals surface area contributed by atoms with Crippen LogP contribution in [0.1, 0.15) is 133 Å². The summed E-state index contributed by atoms with van der Waals surface area (Å²) < 4.78 is 34.7. The van der Waals surface area contributed by atoms with Crippen molar-refractivity contribution in [1.29, 1.82) is 0 Å². The van der Waals surface area contributed by atoms with Crippen molar-refractivity contribution < 1.29 is 27.6 Å². The number of para-hydroxylation sites is 1. The predicted octanol–water partition coefficient (Wildman–Crippen LogP) is 10.3.